The van der Waals surface area contributed by atoms with Crippen molar-refractivity contribution in [1.82, 2.24) is 0 Å². The van der Waals surface area contributed by atoms with E-state index in [1.54, 1.807) is 44.6 Å². The molecule has 5 heteroatoms. The zero-order chi connectivity index (χ0) is 16.4. The second-order valence-corrected chi connectivity index (χ2v) is 5.61. The van der Waals surface area contributed by atoms with E-state index in [9.17, 15) is 9.18 Å². The van der Waals surface area contributed by atoms with Crippen molar-refractivity contribution in [3.63, 3.8) is 0 Å². The molecule has 0 aromatic heterocycles. The van der Waals surface area contributed by atoms with Crippen molar-refractivity contribution in [1.29, 1.82) is 0 Å². The number of hydrogen-bond acceptors (Lipinski definition) is 3. The highest BCUT2D eigenvalue weighted by Crippen LogP contribution is 2.49. The Hall–Kier alpha value is -2.56. The Bertz CT molecular complexity index is 724. The van der Waals surface area contributed by atoms with E-state index < -0.39 is 5.41 Å². The summed E-state index contributed by atoms with van der Waals surface area (Å²) >= 11 is 0. The Labute approximate surface area is 134 Å². The Morgan fingerprint density at radius 2 is 1.70 bits per heavy atom. The topological polar surface area (TPSA) is 47.6 Å². The lowest BCUT2D eigenvalue weighted by Gasteiger charge is -2.17. The molecule has 0 unspecified atom stereocenters. The fourth-order valence-corrected chi connectivity index (χ4v) is 2.71. The number of rotatable bonds is 5. The molecule has 0 spiro atoms. The maximum absolute atomic E-state index is 13.1. The van der Waals surface area contributed by atoms with E-state index in [0.29, 0.717) is 17.2 Å². The van der Waals surface area contributed by atoms with Crippen molar-refractivity contribution in [3.8, 4) is 11.5 Å². The summed E-state index contributed by atoms with van der Waals surface area (Å²) in [6, 6.07) is 11.4. The summed E-state index contributed by atoms with van der Waals surface area (Å²) in [6.07, 6.45) is 1.52. The SMILES string of the molecule is COc1ccc(NC(=O)C2(c3ccc(F)cc3)CC2)cc1OC. The van der Waals surface area contributed by atoms with Crippen LogP contribution in [-0.2, 0) is 10.2 Å². The minimum atomic E-state index is -0.555. The lowest BCUT2D eigenvalue weighted by molar-refractivity contribution is -0.118. The van der Waals surface area contributed by atoms with Crippen LogP contribution in [0.15, 0.2) is 42.5 Å². The van der Waals surface area contributed by atoms with Gasteiger partial charge in [-0.2, -0.15) is 0 Å². The molecule has 23 heavy (non-hydrogen) atoms. The molecule has 1 fully saturated rings. The lowest BCUT2D eigenvalue weighted by atomic mass is 9.95. The standard InChI is InChI=1S/C18H18FNO3/c1-22-15-8-7-14(11-16(15)23-2)20-17(21)18(9-10-18)12-3-5-13(19)6-4-12/h3-8,11H,9-10H2,1-2H3,(H,20,21). The van der Waals surface area contributed by atoms with Gasteiger partial charge < -0.3 is 14.8 Å². The fourth-order valence-electron chi connectivity index (χ4n) is 2.71. The second kappa shape index (κ2) is 5.91. The Morgan fingerprint density at radius 3 is 2.26 bits per heavy atom. The van der Waals surface area contributed by atoms with Crippen LogP contribution in [0.5, 0.6) is 11.5 Å². The third kappa shape index (κ3) is 2.86. The molecule has 3 rings (SSSR count). The molecule has 2 aromatic rings. The molecule has 0 heterocycles. The van der Waals surface area contributed by atoms with E-state index in [0.717, 1.165) is 18.4 Å². The summed E-state index contributed by atoms with van der Waals surface area (Å²) in [4.78, 5) is 12.7. The van der Waals surface area contributed by atoms with E-state index in [1.807, 2.05) is 0 Å². The molecule has 1 N–H and O–H groups in total. The highest BCUT2D eigenvalue weighted by Gasteiger charge is 2.51. The number of nitrogens with one attached hydrogen (secondary N) is 1. The molecule has 0 saturated heterocycles. The molecule has 0 radical (unpaired) electrons. The van der Waals surface area contributed by atoms with Gasteiger partial charge >= 0.3 is 0 Å². The predicted molar refractivity (Wildman–Crippen MR) is 85.5 cm³/mol. The first-order valence-corrected chi connectivity index (χ1v) is 7.38. The molecule has 1 aliphatic rings. The minimum absolute atomic E-state index is 0.0867. The number of carbonyl (C=O) groups excluding carboxylic acids is 1. The Kier molecular flexibility index (Phi) is 3.94. The van der Waals surface area contributed by atoms with Crippen LogP contribution in [-0.4, -0.2) is 20.1 Å². The molecule has 0 aliphatic heterocycles. The monoisotopic (exact) mass is 315 g/mol. The van der Waals surface area contributed by atoms with Gasteiger partial charge in [0.2, 0.25) is 5.91 Å². The molecule has 0 atom stereocenters. The highest BCUT2D eigenvalue weighted by molar-refractivity contribution is 6.01. The number of anilines is 1. The number of carbonyl (C=O) groups is 1. The predicted octanol–water partition coefficient (Wildman–Crippen LogP) is 3.51. The van der Waals surface area contributed by atoms with Gasteiger partial charge in [0.05, 0.1) is 19.6 Å². The van der Waals surface area contributed by atoms with Gasteiger partial charge in [0.25, 0.3) is 0 Å². The van der Waals surface area contributed by atoms with Crippen LogP contribution in [0.2, 0.25) is 0 Å². The maximum atomic E-state index is 13.1. The van der Waals surface area contributed by atoms with Crippen molar-refractivity contribution in [3.05, 3.63) is 53.8 Å². The van der Waals surface area contributed by atoms with Gasteiger partial charge in [0, 0.05) is 11.8 Å². The molecule has 4 nitrogen and oxygen atoms in total. The van der Waals surface area contributed by atoms with Crippen molar-refractivity contribution < 1.29 is 18.7 Å². The van der Waals surface area contributed by atoms with Crippen LogP contribution in [0.1, 0.15) is 18.4 Å². The summed E-state index contributed by atoms with van der Waals surface area (Å²) in [5.74, 6) is 0.767. The van der Waals surface area contributed by atoms with E-state index >= 15 is 0 Å². The van der Waals surface area contributed by atoms with E-state index in [4.69, 9.17) is 9.47 Å². The Morgan fingerprint density at radius 1 is 1.04 bits per heavy atom. The third-order valence-corrected chi connectivity index (χ3v) is 4.22. The quantitative estimate of drug-likeness (QED) is 0.918. The zero-order valence-electron chi connectivity index (χ0n) is 13.1. The average molecular weight is 315 g/mol. The number of methoxy groups -OCH3 is 2. The average Bonchev–Trinajstić information content (AvgIpc) is 3.37. The fraction of sp³-hybridized carbons (Fsp3) is 0.278. The summed E-state index contributed by atoms with van der Waals surface area (Å²) in [5.41, 5.74) is 0.929. The van der Waals surface area contributed by atoms with Crippen LogP contribution in [0.25, 0.3) is 0 Å². The highest BCUT2D eigenvalue weighted by atomic mass is 19.1. The van der Waals surface area contributed by atoms with Crippen LogP contribution in [0.3, 0.4) is 0 Å². The largest absolute Gasteiger partial charge is 0.493 e. The summed E-state index contributed by atoms with van der Waals surface area (Å²) in [5, 5.41) is 2.92. The van der Waals surface area contributed by atoms with E-state index in [2.05, 4.69) is 5.32 Å². The van der Waals surface area contributed by atoms with Gasteiger partial charge in [-0.05, 0) is 42.7 Å². The Balaban J connectivity index is 1.80. The van der Waals surface area contributed by atoms with Gasteiger partial charge in [0.1, 0.15) is 5.82 Å². The second-order valence-electron chi connectivity index (χ2n) is 5.61. The van der Waals surface area contributed by atoms with E-state index in [1.165, 1.54) is 12.1 Å². The third-order valence-electron chi connectivity index (χ3n) is 4.22. The number of ether oxygens (including phenoxy) is 2. The lowest BCUT2D eigenvalue weighted by Crippen LogP contribution is -2.27. The van der Waals surface area contributed by atoms with Crippen LogP contribution in [0, 0.1) is 5.82 Å². The number of benzene rings is 2. The molecule has 1 amide bonds. The molecular formula is C18H18FNO3. The summed E-state index contributed by atoms with van der Waals surface area (Å²) in [6.45, 7) is 0. The normalized spacial score (nSPS) is 14.9. The van der Waals surface area contributed by atoms with E-state index in [-0.39, 0.29) is 11.7 Å². The summed E-state index contributed by atoms with van der Waals surface area (Å²) in [7, 11) is 3.11. The first kappa shape index (κ1) is 15.3. The van der Waals surface area contributed by atoms with Gasteiger partial charge in [-0.15, -0.1) is 0 Å². The molecule has 1 saturated carbocycles. The maximum Gasteiger partial charge on any atom is 0.235 e. The molecule has 1 aliphatic carbocycles. The van der Waals surface area contributed by atoms with Crippen molar-refractivity contribution in [2.45, 2.75) is 18.3 Å². The molecule has 2 aromatic carbocycles. The van der Waals surface area contributed by atoms with Crippen LogP contribution >= 0.6 is 0 Å². The summed E-state index contributed by atoms with van der Waals surface area (Å²) < 4.78 is 23.5. The molecule has 120 valence electrons. The number of hydrogen-bond donors (Lipinski definition) is 1. The molecule has 0 bridgehead atoms. The van der Waals surface area contributed by atoms with Crippen molar-refractivity contribution in [2.75, 3.05) is 19.5 Å². The molecular weight excluding hydrogens is 297 g/mol. The van der Waals surface area contributed by atoms with Gasteiger partial charge in [-0.25, -0.2) is 4.39 Å². The van der Waals surface area contributed by atoms with Crippen molar-refractivity contribution >= 4 is 11.6 Å². The zero-order valence-corrected chi connectivity index (χ0v) is 13.1. The van der Waals surface area contributed by atoms with Gasteiger partial charge in [-0.1, -0.05) is 12.1 Å². The van der Waals surface area contributed by atoms with Crippen LogP contribution in [0.4, 0.5) is 10.1 Å². The minimum Gasteiger partial charge on any atom is -0.493 e. The number of halogens is 1. The van der Waals surface area contributed by atoms with Crippen LogP contribution < -0.4 is 14.8 Å². The van der Waals surface area contributed by atoms with Gasteiger partial charge in [0.15, 0.2) is 11.5 Å². The van der Waals surface area contributed by atoms with Gasteiger partial charge in [-0.3, -0.25) is 4.79 Å². The van der Waals surface area contributed by atoms with Crippen molar-refractivity contribution in [2.24, 2.45) is 0 Å². The first-order valence-electron chi connectivity index (χ1n) is 7.38. The smallest absolute Gasteiger partial charge is 0.235 e. The number of amides is 1. The first-order chi connectivity index (χ1) is 11.1.